The Morgan fingerprint density at radius 2 is 1.76 bits per heavy atom. The van der Waals surface area contributed by atoms with Crippen molar-refractivity contribution < 1.29 is 14.3 Å². The molecule has 116 valence electrons. The van der Waals surface area contributed by atoms with Gasteiger partial charge in [0.15, 0.2) is 0 Å². The number of hydrogen-bond donors (Lipinski definition) is 2. The third-order valence-electron chi connectivity index (χ3n) is 3.60. The molecule has 1 rings (SSSR count). The molecule has 2 N–H and O–H groups in total. The Morgan fingerprint density at radius 3 is 2.29 bits per heavy atom. The fourth-order valence-electron chi connectivity index (χ4n) is 2.00. The molecule has 5 nitrogen and oxygen atoms in total. The summed E-state index contributed by atoms with van der Waals surface area (Å²) >= 11 is 0. The van der Waals surface area contributed by atoms with Crippen molar-refractivity contribution in [2.75, 3.05) is 7.11 Å². The highest BCUT2D eigenvalue weighted by molar-refractivity contribution is 5.83. The van der Waals surface area contributed by atoms with E-state index in [4.69, 9.17) is 4.74 Å². The van der Waals surface area contributed by atoms with E-state index in [0.29, 0.717) is 0 Å². The largest absolute Gasteiger partial charge is 0.467 e. The van der Waals surface area contributed by atoms with Crippen LogP contribution in [0.3, 0.4) is 0 Å². The van der Waals surface area contributed by atoms with E-state index in [1.807, 2.05) is 51.1 Å². The van der Waals surface area contributed by atoms with Crippen LogP contribution in [-0.2, 0) is 9.53 Å². The van der Waals surface area contributed by atoms with Crippen LogP contribution in [0.1, 0.15) is 38.8 Å². The number of nitrogens with one attached hydrogen (secondary N) is 2. The minimum Gasteiger partial charge on any atom is -0.467 e. The number of methoxy groups -OCH3 is 1. The lowest BCUT2D eigenvalue weighted by Crippen LogP contribution is -2.50. The zero-order chi connectivity index (χ0) is 15.8. The van der Waals surface area contributed by atoms with Gasteiger partial charge in [-0.15, -0.1) is 0 Å². The summed E-state index contributed by atoms with van der Waals surface area (Å²) in [6, 6.07) is 8.50. The second kappa shape index (κ2) is 8.29. The molecule has 2 amide bonds. The van der Waals surface area contributed by atoms with Gasteiger partial charge < -0.3 is 15.4 Å². The fraction of sp³-hybridized carbons (Fsp3) is 0.500. The molecular weight excluding hydrogens is 268 g/mol. The normalized spacial score (nSPS) is 14.7. The molecule has 0 saturated carbocycles. The molecular formula is C16H24N2O3. The minimum absolute atomic E-state index is 0.00947. The summed E-state index contributed by atoms with van der Waals surface area (Å²) in [4.78, 5) is 23.8. The highest BCUT2D eigenvalue weighted by Crippen LogP contribution is 2.12. The Hall–Kier alpha value is -2.04. The fourth-order valence-corrected chi connectivity index (χ4v) is 2.00. The van der Waals surface area contributed by atoms with Crippen LogP contribution in [0.5, 0.6) is 0 Å². The van der Waals surface area contributed by atoms with Crippen molar-refractivity contribution in [1.29, 1.82) is 0 Å². The summed E-state index contributed by atoms with van der Waals surface area (Å²) < 4.78 is 4.74. The van der Waals surface area contributed by atoms with Crippen LogP contribution in [-0.4, -0.2) is 25.2 Å². The highest BCUT2D eigenvalue weighted by atomic mass is 16.5. The molecule has 0 radical (unpaired) electrons. The predicted octanol–water partition coefficient (Wildman–Crippen LogP) is 2.63. The molecule has 0 aliphatic heterocycles. The number of carbonyl (C=O) groups excluding carboxylic acids is 2. The molecule has 1 aromatic carbocycles. The Kier molecular flexibility index (Phi) is 6.72. The Bertz CT molecular complexity index is 462. The van der Waals surface area contributed by atoms with Gasteiger partial charge in [-0.2, -0.15) is 0 Å². The number of ether oxygens (including phenoxy) is 1. The van der Waals surface area contributed by atoms with Crippen molar-refractivity contribution in [2.45, 2.75) is 39.3 Å². The molecule has 0 fully saturated rings. The first-order valence-electron chi connectivity index (χ1n) is 7.19. The molecule has 0 spiro atoms. The monoisotopic (exact) mass is 292 g/mol. The third kappa shape index (κ3) is 5.10. The zero-order valence-electron chi connectivity index (χ0n) is 13.1. The maximum absolute atomic E-state index is 12.0. The summed E-state index contributed by atoms with van der Waals surface area (Å²) in [7, 11) is 1.32. The molecule has 0 bridgehead atoms. The van der Waals surface area contributed by atoms with Crippen LogP contribution in [0.4, 0.5) is 4.79 Å². The average molecular weight is 292 g/mol. The highest BCUT2D eigenvalue weighted by Gasteiger charge is 2.27. The molecule has 0 aliphatic rings. The molecule has 5 heteroatoms. The number of amides is 2. The topological polar surface area (TPSA) is 67.4 Å². The number of hydrogen-bond acceptors (Lipinski definition) is 3. The first-order chi connectivity index (χ1) is 9.99. The standard InChI is InChI=1S/C16H24N2O3/c1-5-11(2)14(15(19)21-4)18-16(20)17-12(3)13-9-7-6-8-10-13/h6-12,14H,5H2,1-4H3,(H2,17,18,20)/t11-,12+,14-/m0/s1. The van der Waals surface area contributed by atoms with Gasteiger partial charge in [0.2, 0.25) is 0 Å². The van der Waals surface area contributed by atoms with Gasteiger partial charge in [-0.3, -0.25) is 0 Å². The van der Waals surface area contributed by atoms with Crippen LogP contribution in [0, 0.1) is 5.92 Å². The summed E-state index contributed by atoms with van der Waals surface area (Å²) in [6.07, 6.45) is 0.772. The Labute approximate surface area is 126 Å². The Balaban J connectivity index is 2.64. The number of esters is 1. The average Bonchev–Trinajstić information content (AvgIpc) is 2.51. The van der Waals surface area contributed by atoms with Crippen molar-refractivity contribution in [3.63, 3.8) is 0 Å². The Morgan fingerprint density at radius 1 is 1.14 bits per heavy atom. The SMILES string of the molecule is CC[C@H](C)[C@H](NC(=O)N[C@H](C)c1ccccc1)C(=O)OC. The lowest BCUT2D eigenvalue weighted by atomic mass is 9.99. The molecule has 0 saturated heterocycles. The quantitative estimate of drug-likeness (QED) is 0.792. The smallest absolute Gasteiger partial charge is 0.328 e. The van der Waals surface area contributed by atoms with Gasteiger partial charge in [-0.1, -0.05) is 50.6 Å². The first kappa shape index (κ1) is 17.0. The second-order valence-corrected chi connectivity index (χ2v) is 5.14. The zero-order valence-corrected chi connectivity index (χ0v) is 13.1. The molecule has 0 aliphatic carbocycles. The van der Waals surface area contributed by atoms with E-state index in [2.05, 4.69) is 10.6 Å². The number of carbonyl (C=O) groups is 2. The van der Waals surface area contributed by atoms with E-state index >= 15 is 0 Å². The predicted molar refractivity (Wildman–Crippen MR) is 81.8 cm³/mol. The van der Waals surface area contributed by atoms with Crippen LogP contribution in [0.15, 0.2) is 30.3 Å². The third-order valence-corrected chi connectivity index (χ3v) is 3.60. The van der Waals surface area contributed by atoms with Gasteiger partial charge in [0.25, 0.3) is 0 Å². The van der Waals surface area contributed by atoms with Crippen molar-refractivity contribution in [3.8, 4) is 0 Å². The van der Waals surface area contributed by atoms with Crippen LogP contribution < -0.4 is 10.6 Å². The van der Waals surface area contributed by atoms with Crippen LogP contribution in [0.25, 0.3) is 0 Å². The molecule has 0 unspecified atom stereocenters. The van der Waals surface area contributed by atoms with Crippen LogP contribution >= 0.6 is 0 Å². The second-order valence-electron chi connectivity index (χ2n) is 5.14. The van der Waals surface area contributed by atoms with E-state index in [1.54, 1.807) is 0 Å². The van der Waals surface area contributed by atoms with Crippen molar-refractivity contribution in [3.05, 3.63) is 35.9 Å². The van der Waals surface area contributed by atoms with E-state index in [9.17, 15) is 9.59 Å². The lowest BCUT2D eigenvalue weighted by molar-refractivity contribution is -0.144. The summed E-state index contributed by atoms with van der Waals surface area (Å²) in [6.45, 7) is 5.76. The number of rotatable bonds is 6. The number of benzene rings is 1. The molecule has 0 aromatic heterocycles. The lowest BCUT2D eigenvalue weighted by Gasteiger charge is -2.23. The maximum Gasteiger partial charge on any atom is 0.328 e. The van der Waals surface area contributed by atoms with Gasteiger partial charge >= 0.3 is 12.0 Å². The van der Waals surface area contributed by atoms with Gasteiger partial charge in [0.05, 0.1) is 13.2 Å². The van der Waals surface area contributed by atoms with E-state index in [1.165, 1.54) is 7.11 Å². The van der Waals surface area contributed by atoms with Crippen molar-refractivity contribution in [2.24, 2.45) is 5.92 Å². The minimum atomic E-state index is -0.636. The van der Waals surface area contributed by atoms with E-state index in [0.717, 1.165) is 12.0 Å². The maximum atomic E-state index is 12.0. The van der Waals surface area contributed by atoms with Crippen LogP contribution in [0.2, 0.25) is 0 Å². The van der Waals surface area contributed by atoms with Gasteiger partial charge in [-0.05, 0) is 18.4 Å². The van der Waals surface area contributed by atoms with E-state index in [-0.39, 0.29) is 18.0 Å². The first-order valence-corrected chi connectivity index (χ1v) is 7.19. The van der Waals surface area contributed by atoms with Gasteiger partial charge in [-0.25, -0.2) is 9.59 Å². The summed E-state index contributed by atoms with van der Waals surface area (Å²) in [5.41, 5.74) is 1.01. The van der Waals surface area contributed by atoms with Gasteiger partial charge in [0.1, 0.15) is 6.04 Å². The van der Waals surface area contributed by atoms with E-state index < -0.39 is 12.0 Å². The van der Waals surface area contributed by atoms with Crippen molar-refractivity contribution >= 4 is 12.0 Å². The van der Waals surface area contributed by atoms with Gasteiger partial charge in [0, 0.05) is 0 Å². The molecule has 1 aromatic rings. The molecule has 0 heterocycles. The summed E-state index contributed by atoms with van der Waals surface area (Å²) in [5, 5.41) is 5.52. The van der Waals surface area contributed by atoms with Crippen molar-refractivity contribution in [1.82, 2.24) is 10.6 Å². The molecule has 21 heavy (non-hydrogen) atoms. The summed E-state index contributed by atoms with van der Waals surface area (Å²) in [5.74, 6) is -0.415. The number of urea groups is 1. The molecule has 3 atom stereocenters.